The van der Waals surface area contributed by atoms with Gasteiger partial charge < -0.3 is 0 Å². The number of hydrogen-bond acceptors (Lipinski definition) is 6. The second kappa shape index (κ2) is 22.1. The van der Waals surface area contributed by atoms with Crippen molar-refractivity contribution in [1.82, 2.24) is 0 Å². The minimum atomic E-state index is -4.79. The van der Waals surface area contributed by atoms with Crippen molar-refractivity contribution in [2.75, 3.05) is 6.61 Å². The van der Waals surface area contributed by atoms with E-state index in [1.165, 1.54) is 0 Å². The van der Waals surface area contributed by atoms with Gasteiger partial charge in [-0.05, 0) is 25.7 Å². The van der Waals surface area contributed by atoms with Crippen LogP contribution < -0.4 is 0 Å². The zero-order chi connectivity index (χ0) is 30.8. The van der Waals surface area contributed by atoms with Gasteiger partial charge in [-0.25, -0.2) is 8.37 Å². The van der Waals surface area contributed by atoms with Gasteiger partial charge in [0.15, 0.2) is 0 Å². The summed E-state index contributed by atoms with van der Waals surface area (Å²) in [6.07, 6.45) is 12.0. The van der Waals surface area contributed by atoms with Crippen LogP contribution in [0.1, 0.15) is 110 Å². The lowest BCUT2D eigenvalue weighted by Crippen LogP contribution is -2.41. The van der Waals surface area contributed by atoms with Crippen LogP contribution in [0.25, 0.3) is 0 Å². The number of hydrogen-bond donors (Lipinski definition) is 2. The number of alkyl halides is 6. The Hall–Kier alpha value is 1.48. The highest BCUT2D eigenvalue weighted by atomic mass is 35.5. The quantitative estimate of drug-likeness (QED) is 0.0512. The van der Waals surface area contributed by atoms with E-state index in [4.69, 9.17) is 78.3 Å². The molecule has 0 saturated heterocycles. The maximum atomic E-state index is 11.4. The summed E-state index contributed by atoms with van der Waals surface area (Å²) in [5, 5.41) is -2.72. The average Bonchev–Trinajstić information content (AvgIpc) is 2.83. The minimum Gasteiger partial charge on any atom is -0.264 e. The van der Waals surface area contributed by atoms with Crippen molar-refractivity contribution in [3.8, 4) is 0 Å². The molecule has 0 aliphatic carbocycles. The van der Waals surface area contributed by atoms with Gasteiger partial charge in [0.05, 0.1) is 16.1 Å². The van der Waals surface area contributed by atoms with Crippen LogP contribution in [0.15, 0.2) is 0 Å². The van der Waals surface area contributed by atoms with Crippen LogP contribution in [0.5, 0.6) is 0 Å². The number of unbranched alkanes of at least 4 members (excludes halogenated alkanes) is 10. The second-order valence-electron chi connectivity index (χ2n) is 10.1. The third-order valence-electron chi connectivity index (χ3n) is 6.29. The fourth-order valence-electron chi connectivity index (χ4n) is 4.12. The van der Waals surface area contributed by atoms with Crippen LogP contribution in [-0.2, 0) is 29.2 Å². The van der Waals surface area contributed by atoms with E-state index in [2.05, 4.69) is 11.1 Å². The van der Waals surface area contributed by atoms with E-state index in [1.807, 2.05) is 0 Å². The first-order valence-corrected chi connectivity index (χ1v) is 18.9. The Morgan fingerprint density at radius 2 is 1.20 bits per heavy atom. The standard InChI is InChI=1S/C24H44Cl6O8S2/c1-2-3-4-8-12-15-20(26)22(28)23(38-40(34,35)36)21(27)17-19(25)14-11-9-6-5-7-10-13-16-24(29,30)18-37-39(31,32)33/h19-23H,2-18H2,1H3,(H,31,32,33)(H,34,35,36). The summed E-state index contributed by atoms with van der Waals surface area (Å²) >= 11 is 37.8. The molecule has 16 heteroatoms. The lowest BCUT2D eigenvalue weighted by Gasteiger charge is -2.29. The molecule has 5 unspecified atom stereocenters. The fraction of sp³-hybridized carbons (Fsp3) is 1.00. The monoisotopic (exact) mass is 734 g/mol. The van der Waals surface area contributed by atoms with Crippen molar-refractivity contribution in [3.05, 3.63) is 0 Å². The van der Waals surface area contributed by atoms with Crippen molar-refractivity contribution < 1.29 is 34.3 Å². The van der Waals surface area contributed by atoms with E-state index in [0.717, 1.165) is 70.6 Å². The molecule has 242 valence electrons. The molecule has 0 saturated carbocycles. The summed E-state index contributed by atoms with van der Waals surface area (Å²) in [5.74, 6) is 0. The Morgan fingerprint density at radius 1 is 0.700 bits per heavy atom. The highest BCUT2D eigenvalue weighted by Gasteiger charge is 2.37. The first-order chi connectivity index (χ1) is 18.5. The van der Waals surface area contributed by atoms with Crippen LogP contribution in [0.3, 0.4) is 0 Å². The highest BCUT2D eigenvalue weighted by Crippen LogP contribution is 2.31. The van der Waals surface area contributed by atoms with Crippen LogP contribution in [0, 0.1) is 0 Å². The van der Waals surface area contributed by atoms with Gasteiger partial charge in [-0.3, -0.25) is 9.11 Å². The lowest BCUT2D eigenvalue weighted by molar-refractivity contribution is 0.165. The Kier molecular flexibility index (Phi) is 22.9. The molecule has 0 spiro atoms. The molecule has 2 N–H and O–H groups in total. The van der Waals surface area contributed by atoms with Crippen molar-refractivity contribution in [3.63, 3.8) is 0 Å². The molecule has 0 amide bonds. The molecule has 8 nitrogen and oxygen atoms in total. The molecular formula is C24H44Cl6O8S2. The summed E-state index contributed by atoms with van der Waals surface area (Å²) < 4.78 is 69.6. The molecule has 0 radical (unpaired) electrons. The molecular weight excluding hydrogens is 693 g/mol. The zero-order valence-electron chi connectivity index (χ0n) is 22.8. The minimum absolute atomic E-state index is 0.229. The van der Waals surface area contributed by atoms with E-state index < -0.39 is 54.0 Å². The summed E-state index contributed by atoms with van der Waals surface area (Å²) in [7, 11) is -9.37. The van der Waals surface area contributed by atoms with Crippen LogP contribution >= 0.6 is 69.6 Å². The Bertz CT molecular complexity index is 863. The van der Waals surface area contributed by atoms with E-state index in [0.29, 0.717) is 25.7 Å². The fourth-order valence-corrected chi connectivity index (χ4v) is 7.22. The van der Waals surface area contributed by atoms with Gasteiger partial charge in [-0.2, -0.15) is 16.8 Å². The van der Waals surface area contributed by atoms with E-state index in [9.17, 15) is 21.4 Å². The number of rotatable bonds is 26. The largest absolute Gasteiger partial charge is 0.397 e. The maximum Gasteiger partial charge on any atom is 0.397 e. The van der Waals surface area contributed by atoms with Crippen molar-refractivity contribution >= 4 is 90.4 Å². The lowest BCUT2D eigenvalue weighted by atomic mass is 10.00. The van der Waals surface area contributed by atoms with Gasteiger partial charge >= 0.3 is 20.8 Å². The van der Waals surface area contributed by atoms with E-state index in [1.54, 1.807) is 0 Å². The molecule has 0 bridgehead atoms. The number of halogens is 6. The van der Waals surface area contributed by atoms with Gasteiger partial charge in [0.1, 0.15) is 17.0 Å². The molecule has 5 atom stereocenters. The summed E-state index contributed by atoms with van der Waals surface area (Å²) in [5.41, 5.74) is 0. The van der Waals surface area contributed by atoms with Gasteiger partial charge in [0.25, 0.3) is 0 Å². The van der Waals surface area contributed by atoms with E-state index >= 15 is 0 Å². The van der Waals surface area contributed by atoms with Gasteiger partial charge in [0, 0.05) is 5.38 Å². The van der Waals surface area contributed by atoms with Crippen LogP contribution in [0.4, 0.5) is 0 Å². The van der Waals surface area contributed by atoms with E-state index in [-0.39, 0.29) is 11.8 Å². The molecule has 0 fully saturated rings. The van der Waals surface area contributed by atoms with Crippen LogP contribution in [0.2, 0.25) is 0 Å². The summed E-state index contributed by atoms with van der Waals surface area (Å²) in [6, 6.07) is 0. The van der Waals surface area contributed by atoms with Crippen molar-refractivity contribution in [2.45, 2.75) is 142 Å². The summed E-state index contributed by atoms with van der Waals surface area (Å²) in [4.78, 5) is 0. The third-order valence-corrected chi connectivity index (χ3v) is 9.76. The van der Waals surface area contributed by atoms with Crippen molar-refractivity contribution in [1.29, 1.82) is 0 Å². The molecule has 0 aliphatic heterocycles. The first kappa shape index (κ1) is 41.5. The second-order valence-corrected chi connectivity index (χ2v) is 16.1. The third kappa shape index (κ3) is 23.9. The SMILES string of the molecule is CCCCCCCC(Cl)C(Cl)C(OS(=O)(=O)O)C(Cl)CC(Cl)CCCCCCCCCC(Cl)(Cl)COS(=O)(=O)O. The molecule has 40 heavy (non-hydrogen) atoms. The van der Waals surface area contributed by atoms with Gasteiger partial charge in [-0.15, -0.1) is 46.4 Å². The smallest absolute Gasteiger partial charge is 0.264 e. The highest BCUT2D eigenvalue weighted by molar-refractivity contribution is 7.81. The topological polar surface area (TPSA) is 127 Å². The maximum absolute atomic E-state index is 11.4. The molecule has 0 rings (SSSR count). The molecule has 0 aromatic carbocycles. The van der Waals surface area contributed by atoms with Crippen molar-refractivity contribution in [2.24, 2.45) is 0 Å². The normalized spacial score (nSPS) is 16.9. The van der Waals surface area contributed by atoms with Gasteiger partial charge in [-0.1, -0.05) is 107 Å². The van der Waals surface area contributed by atoms with Gasteiger partial charge in [0.2, 0.25) is 0 Å². The molecule has 0 heterocycles. The Labute approximate surface area is 271 Å². The predicted octanol–water partition coefficient (Wildman–Crippen LogP) is 8.86. The average molecular weight is 737 g/mol. The Morgan fingerprint density at radius 3 is 1.73 bits per heavy atom. The summed E-state index contributed by atoms with van der Waals surface area (Å²) in [6.45, 7) is 1.61. The molecule has 0 aliphatic rings. The predicted molar refractivity (Wildman–Crippen MR) is 166 cm³/mol. The van der Waals surface area contributed by atoms with Crippen LogP contribution in [-0.4, -0.2) is 64.5 Å². The molecule has 0 aromatic heterocycles. The first-order valence-electron chi connectivity index (χ1n) is 13.7. The molecule has 0 aromatic rings. The Balaban J connectivity index is 4.34. The zero-order valence-corrected chi connectivity index (χ0v) is 29.0.